The van der Waals surface area contributed by atoms with Gasteiger partial charge in [-0.1, -0.05) is 18.2 Å². The van der Waals surface area contributed by atoms with Crippen molar-refractivity contribution in [1.29, 1.82) is 0 Å². The molecule has 3 N–H and O–H groups in total. The van der Waals surface area contributed by atoms with Crippen LogP contribution in [0.4, 0.5) is 10.1 Å². The molecule has 20 heavy (non-hydrogen) atoms. The number of sulfonamides is 1. The highest BCUT2D eigenvalue weighted by Gasteiger charge is 2.17. The molecule has 4 nitrogen and oxygen atoms in total. The number of benzene rings is 2. The molecule has 0 heterocycles. The first-order valence-corrected chi connectivity index (χ1v) is 7.49. The van der Waals surface area contributed by atoms with Gasteiger partial charge in [-0.15, -0.1) is 0 Å². The molecular formula is C14H15FN2O2S. The van der Waals surface area contributed by atoms with Crippen LogP contribution >= 0.6 is 0 Å². The van der Waals surface area contributed by atoms with Crippen LogP contribution in [-0.2, 0) is 16.6 Å². The molecule has 0 aliphatic rings. The maximum atomic E-state index is 13.2. The summed E-state index contributed by atoms with van der Waals surface area (Å²) in [6.45, 7) is 1.69. The van der Waals surface area contributed by atoms with Gasteiger partial charge in [0.05, 0.1) is 4.90 Å². The summed E-state index contributed by atoms with van der Waals surface area (Å²) in [5, 5.41) is 0. The van der Waals surface area contributed by atoms with Gasteiger partial charge in [0.1, 0.15) is 5.82 Å². The minimum absolute atomic E-state index is 0.125. The molecule has 0 aliphatic carbocycles. The first kappa shape index (κ1) is 14.5. The van der Waals surface area contributed by atoms with E-state index >= 15 is 0 Å². The van der Waals surface area contributed by atoms with E-state index < -0.39 is 10.0 Å². The minimum Gasteiger partial charge on any atom is -0.326 e. The smallest absolute Gasteiger partial charge is 0.262 e. The van der Waals surface area contributed by atoms with Gasteiger partial charge in [-0.3, -0.25) is 4.72 Å². The summed E-state index contributed by atoms with van der Waals surface area (Å²) < 4.78 is 40.2. The Morgan fingerprint density at radius 3 is 2.55 bits per heavy atom. The van der Waals surface area contributed by atoms with Gasteiger partial charge < -0.3 is 5.73 Å². The van der Waals surface area contributed by atoms with Gasteiger partial charge >= 0.3 is 0 Å². The number of halogens is 1. The van der Waals surface area contributed by atoms with E-state index in [1.165, 1.54) is 24.3 Å². The van der Waals surface area contributed by atoms with Crippen LogP contribution in [0, 0.1) is 12.7 Å². The van der Waals surface area contributed by atoms with E-state index in [0.29, 0.717) is 16.8 Å². The number of hydrogen-bond acceptors (Lipinski definition) is 3. The molecule has 0 saturated heterocycles. The standard InChI is InChI=1S/C14H15FN2O2S/c1-10-8-12(6-7-13(10)15)17-20(18,19)14-5-3-2-4-11(14)9-16/h2-8,17H,9,16H2,1H3. The molecule has 2 aromatic rings. The highest BCUT2D eigenvalue weighted by atomic mass is 32.2. The maximum absolute atomic E-state index is 13.2. The van der Waals surface area contributed by atoms with Gasteiger partial charge in [-0.25, -0.2) is 12.8 Å². The fourth-order valence-corrected chi connectivity index (χ4v) is 3.15. The highest BCUT2D eigenvalue weighted by Crippen LogP contribution is 2.21. The van der Waals surface area contributed by atoms with E-state index in [0.717, 1.165) is 0 Å². The summed E-state index contributed by atoms with van der Waals surface area (Å²) >= 11 is 0. The monoisotopic (exact) mass is 294 g/mol. The quantitative estimate of drug-likeness (QED) is 0.909. The SMILES string of the molecule is Cc1cc(NS(=O)(=O)c2ccccc2CN)ccc1F. The Balaban J connectivity index is 2.38. The lowest BCUT2D eigenvalue weighted by Gasteiger charge is -2.11. The number of hydrogen-bond donors (Lipinski definition) is 2. The fourth-order valence-electron chi connectivity index (χ4n) is 1.85. The first-order chi connectivity index (χ1) is 9.44. The first-order valence-electron chi connectivity index (χ1n) is 6.01. The van der Waals surface area contributed by atoms with Crippen molar-refractivity contribution in [1.82, 2.24) is 0 Å². The van der Waals surface area contributed by atoms with Crippen LogP contribution in [0.3, 0.4) is 0 Å². The minimum atomic E-state index is -3.74. The zero-order valence-corrected chi connectivity index (χ0v) is 11.7. The van der Waals surface area contributed by atoms with E-state index in [1.807, 2.05) is 0 Å². The van der Waals surface area contributed by atoms with Crippen LogP contribution in [0.2, 0.25) is 0 Å². The molecule has 0 aromatic heterocycles. The summed E-state index contributed by atoms with van der Waals surface area (Å²) in [6, 6.07) is 10.5. The molecule has 0 amide bonds. The normalized spacial score (nSPS) is 11.3. The average Bonchev–Trinajstić information content (AvgIpc) is 2.42. The number of nitrogens with two attached hydrogens (primary N) is 1. The van der Waals surface area contributed by atoms with Gasteiger partial charge in [0.25, 0.3) is 10.0 Å². The van der Waals surface area contributed by atoms with Crippen molar-refractivity contribution in [2.75, 3.05) is 4.72 Å². The lowest BCUT2D eigenvalue weighted by molar-refractivity contribution is 0.599. The Kier molecular flexibility index (Phi) is 4.06. The number of nitrogens with one attached hydrogen (secondary N) is 1. The summed E-state index contributed by atoms with van der Waals surface area (Å²) in [6.07, 6.45) is 0. The summed E-state index contributed by atoms with van der Waals surface area (Å²) in [5.74, 6) is -0.379. The zero-order chi connectivity index (χ0) is 14.8. The lowest BCUT2D eigenvalue weighted by atomic mass is 10.2. The molecule has 2 rings (SSSR count). The second-order valence-electron chi connectivity index (χ2n) is 4.38. The van der Waals surface area contributed by atoms with Crippen molar-refractivity contribution >= 4 is 15.7 Å². The fraction of sp³-hybridized carbons (Fsp3) is 0.143. The molecule has 0 bridgehead atoms. The van der Waals surface area contributed by atoms with E-state index in [2.05, 4.69) is 4.72 Å². The second-order valence-corrected chi connectivity index (χ2v) is 6.03. The Morgan fingerprint density at radius 2 is 1.90 bits per heavy atom. The summed E-state index contributed by atoms with van der Waals surface area (Å²) in [5.41, 5.74) is 6.76. The Hall–Kier alpha value is -1.92. The number of rotatable bonds is 4. The van der Waals surface area contributed by atoms with E-state index in [4.69, 9.17) is 5.73 Å². The van der Waals surface area contributed by atoms with E-state index in [-0.39, 0.29) is 17.3 Å². The van der Waals surface area contributed by atoms with Crippen LogP contribution in [0.5, 0.6) is 0 Å². The number of anilines is 1. The highest BCUT2D eigenvalue weighted by molar-refractivity contribution is 7.92. The zero-order valence-electron chi connectivity index (χ0n) is 10.9. The van der Waals surface area contributed by atoms with E-state index in [9.17, 15) is 12.8 Å². The lowest BCUT2D eigenvalue weighted by Crippen LogP contribution is -2.16. The van der Waals surface area contributed by atoms with Gasteiger partial charge in [-0.2, -0.15) is 0 Å². The van der Waals surface area contributed by atoms with Crippen molar-refractivity contribution in [3.8, 4) is 0 Å². The molecular weight excluding hydrogens is 279 g/mol. The van der Waals surface area contributed by atoms with Crippen LogP contribution in [0.25, 0.3) is 0 Å². The molecule has 2 aromatic carbocycles. The van der Waals surface area contributed by atoms with E-state index in [1.54, 1.807) is 25.1 Å². The third-order valence-corrected chi connectivity index (χ3v) is 4.37. The molecule has 0 radical (unpaired) electrons. The molecule has 0 fully saturated rings. The Labute approximate surface area is 117 Å². The molecule has 106 valence electrons. The van der Waals surface area contributed by atoms with Crippen molar-refractivity contribution in [2.24, 2.45) is 5.73 Å². The molecule has 0 aliphatic heterocycles. The van der Waals surface area contributed by atoms with Crippen LogP contribution in [-0.4, -0.2) is 8.42 Å². The van der Waals surface area contributed by atoms with Crippen molar-refractivity contribution in [2.45, 2.75) is 18.4 Å². The van der Waals surface area contributed by atoms with Gasteiger partial charge in [0.15, 0.2) is 0 Å². The Morgan fingerprint density at radius 1 is 1.20 bits per heavy atom. The van der Waals surface area contributed by atoms with Crippen molar-refractivity contribution in [3.63, 3.8) is 0 Å². The van der Waals surface area contributed by atoms with Gasteiger partial charge in [-0.05, 0) is 42.3 Å². The number of aryl methyl sites for hydroxylation is 1. The summed E-state index contributed by atoms with van der Waals surface area (Å²) in [7, 11) is -3.74. The molecule has 0 saturated carbocycles. The van der Waals surface area contributed by atoms with Crippen molar-refractivity contribution in [3.05, 3.63) is 59.4 Å². The Bertz CT molecular complexity index is 730. The third-order valence-electron chi connectivity index (χ3n) is 2.89. The van der Waals surface area contributed by atoms with Crippen LogP contribution < -0.4 is 10.5 Å². The second kappa shape index (κ2) is 5.60. The molecule has 6 heteroatoms. The summed E-state index contributed by atoms with van der Waals surface area (Å²) in [4.78, 5) is 0.129. The predicted octanol–water partition coefficient (Wildman–Crippen LogP) is 2.39. The average molecular weight is 294 g/mol. The predicted molar refractivity (Wildman–Crippen MR) is 76.3 cm³/mol. The largest absolute Gasteiger partial charge is 0.326 e. The topological polar surface area (TPSA) is 72.2 Å². The molecule has 0 atom stereocenters. The van der Waals surface area contributed by atoms with Crippen molar-refractivity contribution < 1.29 is 12.8 Å². The molecule has 0 spiro atoms. The third kappa shape index (κ3) is 2.97. The van der Waals surface area contributed by atoms with Gasteiger partial charge in [0.2, 0.25) is 0 Å². The maximum Gasteiger partial charge on any atom is 0.262 e. The van der Waals surface area contributed by atoms with Crippen LogP contribution in [0.15, 0.2) is 47.4 Å². The van der Waals surface area contributed by atoms with Crippen LogP contribution in [0.1, 0.15) is 11.1 Å². The van der Waals surface area contributed by atoms with Gasteiger partial charge in [0, 0.05) is 12.2 Å². The molecule has 0 unspecified atom stereocenters.